The molecule has 1 aliphatic rings. The summed E-state index contributed by atoms with van der Waals surface area (Å²) in [6.45, 7) is 0. The Morgan fingerprint density at radius 1 is 1.31 bits per heavy atom. The molecular formula is C13H15IN2. The van der Waals surface area contributed by atoms with Crippen LogP contribution in [0.15, 0.2) is 18.3 Å². The maximum Gasteiger partial charge on any atom is 0.0460 e. The number of hydrogen-bond acceptors (Lipinski definition) is 1. The molecule has 1 aromatic heterocycles. The van der Waals surface area contributed by atoms with Crippen LogP contribution >= 0.6 is 22.6 Å². The standard InChI is InChI=1S/C13H15IN2/c1-16(2)9-5-8-7-15-12-4-3-11(14)10(6-9)13(8)12/h3-4,7,9,15H,5-6H2,1-2H3. The number of likely N-dealkylation sites (N-methyl/N-ethyl adjacent to an activating group) is 1. The maximum absolute atomic E-state index is 3.38. The summed E-state index contributed by atoms with van der Waals surface area (Å²) in [5.41, 5.74) is 4.30. The van der Waals surface area contributed by atoms with Crippen molar-refractivity contribution < 1.29 is 0 Å². The van der Waals surface area contributed by atoms with Crippen molar-refractivity contribution in [3.05, 3.63) is 33.0 Å². The molecule has 1 aliphatic carbocycles. The van der Waals surface area contributed by atoms with E-state index < -0.39 is 0 Å². The molecule has 0 aliphatic heterocycles. The summed E-state index contributed by atoms with van der Waals surface area (Å²) >= 11 is 2.46. The molecule has 16 heavy (non-hydrogen) atoms. The van der Waals surface area contributed by atoms with Crippen LogP contribution in [-0.2, 0) is 12.8 Å². The molecule has 1 N–H and O–H groups in total. The van der Waals surface area contributed by atoms with E-state index in [1.165, 1.54) is 38.4 Å². The second-order valence-corrected chi connectivity index (χ2v) is 5.95. The van der Waals surface area contributed by atoms with Crippen molar-refractivity contribution in [2.45, 2.75) is 18.9 Å². The second kappa shape index (κ2) is 3.74. The van der Waals surface area contributed by atoms with Gasteiger partial charge in [0.25, 0.3) is 0 Å². The van der Waals surface area contributed by atoms with Gasteiger partial charge in [-0.2, -0.15) is 0 Å². The summed E-state index contributed by atoms with van der Waals surface area (Å²) in [7, 11) is 4.35. The number of hydrogen-bond donors (Lipinski definition) is 1. The van der Waals surface area contributed by atoms with Crippen LogP contribution < -0.4 is 0 Å². The fourth-order valence-electron chi connectivity index (χ4n) is 2.63. The maximum atomic E-state index is 3.38. The third-order valence-corrected chi connectivity index (χ3v) is 4.61. The molecule has 1 atom stereocenters. The number of aromatic amines is 1. The number of benzene rings is 1. The third-order valence-electron chi connectivity index (χ3n) is 3.60. The zero-order valence-electron chi connectivity index (χ0n) is 9.55. The predicted molar refractivity (Wildman–Crippen MR) is 75.9 cm³/mol. The van der Waals surface area contributed by atoms with Gasteiger partial charge >= 0.3 is 0 Å². The van der Waals surface area contributed by atoms with Gasteiger partial charge in [-0.15, -0.1) is 0 Å². The van der Waals surface area contributed by atoms with Gasteiger partial charge in [-0.3, -0.25) is 0 Å². The van der Waals surface area contributed by atoms with Crippen LogP contribution in [-0.4, -0.2) is 30.0 Å². The molecule has 2 aromatic rings. The summed E-state index contributed by atoms with van der Waals surface area (Å²) in [4.78, 5) is 5.72. The number of rotatable bonds is 1. The van der Waals surface area contributed by atoms with Crippen molar-refractivity contribution in [3.63, 3.8) is 0 Å². The molecule has 2 nitrogen and oxygen atoms in total. The first kappa shape index (κ1) is 10.6. The summed E-state index contributed by atoms with van der Waals surface area (Å²) in [6, 6.07) is 5.05. The van der Waals surface area contributed by atoms with E-state index in [0.717, 1.165) is 0 Å². The van der Waals surface area contributed by atoms with Crippen molar-refractivity contribution in [1.29, 1.82) is 0 Å². The van der Waals surface area contributed by atoms with Crippen LogP contribution in [0.5, 0.6) is 0 Å². The molecule has 0 amide bonds. The highest BCUT2D eigenvalue weighted by Crippen LogP contribution is 2.33. The van der Waals surface area contributed by atoms with Gasteiger partial charge in [0, 0.05) is 26.7 Å². The Bertz CT molecular complexity index is 542. The summed E-state index contributed by atoms with van der Waals surface area (Å²) in [6.07, 6.45) is 4.52. The minimum atomic E-state index is 0.641. The Kier molecular flexibility index (Phi) is 2.47. The summed E-state index contributed by atoms with van der Waals surface area (Å²) in [5.74, 6) is 0. The Labute approximate surface area is 109 Å². The Balaban J connectivity index is 2.21. The van der Waals surface area contributed by atoms with Gasteiger partial charge in [-0.05, 0) is 72.8 Å². The van der Waals surface area contributed by atoms with Crippen LogP contribution in [0.25, 0.3) is 10.9 Å². The monoisotopic (exact) mass is 326 g/mol. The number of nitrogens with one attached hydrogen (secondary N) is 1. The van der Waals surface area contributed by atoms with Crippen LogP contribution in [0, 0.1) is 3.57 Å². The van der Waals surface area contributed by atoms with Gasteiger partial charge in [0.15, 0.2) is 0 Å². The SMILES string of the molecule is CN(C)C1Cc2c[nH]c3ccc(I)c(c23)C1. The zero-order chi connectivity index (χ0) is 11.3. The molecule has 0 saturated carbocycles. The topological polar surface area (TPSA) is 19.0 Å². The van der Waals surface area contributed by atoms with Gasteiger partial charge in [0.2, 0.25) is 0 Å². The Morgan fingerprint density at radius 3 is 2.88 bits per heavy atom. The van der Waals surface area contributed by atoms with E-state index in [9.17, 15) is 0 Å². The summed E-state index contributed by atoms with van der Waals surface area (Å²) < 4.78 is 1.40. The van der Waals surface area contributed by atoms with E-state index >= 15 is 0 Å². The highest BCUT2D eigenvalue weighted by Gasteiger charge is 2.24. The highest BCUT2D eigenvalue weighted by atomic mass is 127. The molecule has 0 saturated heterocycles. The summed E-state index contributed by atoms with van der Waals surface area (Å²) in [5, 5.41) is 1.48. The van der Waals surface area contributed by atoms with E-state index in [4.69, 9.17) is 0 Å². The van der Waals surface area contributed by atoms with Crippen LogP contribution in [0.4, 0.5) is 0 Å². The molecule has 0 radical (unpaired) electrons. The molecule has 3 heteroatoms. The van der Waals surface area contributed by atoms with Crippen molar-refractivity contribution in [2.24, 2.45) is 0 Å². The molecule has 0 spiro atoms. The molecule has 3 rings (SSSR count). The van der Waals surface area contributed by atoms with E-state index in [2.05, 4.69) is 64.9 Å². The molecule has 0 bridgehead atoms. The molecule has 1 aromatic carbocycles. The van der Waals surface area contributed by atoms with Crippen LogP contribution in [0.3, 0.4) is 0 Å². The zero-order valence-corrected chi connectivity index (χ0v) is 11.7. The number of nitrogens with zero attached hydrogens (tertiary/aromatic N) is 1. The largest absolute Gasteiger partial charge is 0.361 e. The lowest BCUT2D eigenvalue weighted by Gasteiger charge is -2.29. The second-order valence-electron chi connectivity index (χ2n) is 4.79. The molecular weight excluding hydrogens is 311 g/mol. The Morgan fingerprint density at radius 2 is 2.12 bits per heavy atom. The van der Waals surface area contributed by atoms with Crippen LogP contribution in [0.1, 0.15) is 11.1 Å². The van der Waals surface area contributed by atoms with Gasteiger partial charge in [0.1, 0.15) is 0 Å². The lowest BCUT2D eigenvalue weighted by Crippen LogP contribution is -2.34. The molecule has 1 unspecified atom stereocenters. The first-order valence-corrected chi connectivity index (χ1v) is 6.68. The minimum Gasteiger partial charge on any atom is -0.361 e. The lowest BCUT2D eigenvalue weighted by molar-refractivity contribution is 0.287. The lowest BCUT2D eigenvalue weighted by atomic mass is 9.89. The Hall–Kier alpha value is -0.550. The van der Waals surface area contributed by atoms with E-state index in [0.29, 0.717) is 6.04 Å². The molecule has 84 valence electrons. The molecule has 0 fully saturated rings. The number of halogens is 1. The van der Waals surface area contributed by atoms with Gasteiger partial charge in [0.05, 0.1) is 0 Å². The van der Waals surface area contributed by atoms with Crippen LogP contribution in [0.2, 0.25) is 0 Å². The third kappa shape index (κ3) is 1.49. The average Bonchev–Trinajstić information content (AvgIpc) is 2.67. The normalized spacial score (nSPS) is 19.6. The van der Waals surface area contributed by atoms with Crippen molar-refractivity contribution >= 4 is 33.5 Å². The van der Waals surface area contributed by atoms with Gasteiger partial charge in [-0.1, -0.05) is 0 Å². The first-order valence-electron chi connectivity index (χ1n) is 5.60. The number of H-pyrrole nitrogens is 1. The van der Waals surface area contributed by atoms with Crippen molar-refractivity contribution in [2.75, 3.05) is 14.1 Å². The fourth-order valence-corrected chi connectivity index (χ4v) is 3.30. The van der Waals surface area contributed by atoms with Crippen molar-refractivity contribution in [3.8, 4) is 0 Å². The first-order chi connectivity index (χ1) is 7.66. The van der Waals surface area contributed by atoms with Gasteiger partial charge < -0.3 is 9.88 Å². The quantitative estimate of drug-likeness (QED) is 0.799. The minimum absolute atomic E-state index is 0.641. The predicted octanol–water partition coefficient (Wildman–Crippen LogP) is 2.80. The van der Waals surface area contributed by atoms with Crippen molar-refractivity contribution in [1.82, 2.24) is 9.88 Å². The molecule has 1 heterocycles. The number of aromatic nitrogens is 1. The average molecular weight is 326 g/mol. The van der Waals surface area contributed by atoms with E-state index in [1.54, 1.807) is 0 Å². The van der Waals surface area contributed by atoms with E-state index in [1.807, 2.05) is 0 Å². The highest BCUT2D eigenvalue weighted by molar-refractivity contribution is 14.1. The fraction of sp³-hybridized carbons (Fsp3) is 0.385. The van der Waals surface area contributed by atoms with E-state index in [-0.39, 0.29) is 0 Å². The van der Waals surface area contributed by atoms with Gasteiger partial charge in [-0.25, -0.2) is 0 Å². The smallest absolute Gasteiger partial charge is 0.0460 e.